The Labute approximate surface area is 133 Å². The van der Waals surface area contributed by atoms with Crippen LogP contribution in [-0.4, -0.2) is 86.5 Å². The molecule has 2 saturated heterocycles. The molecule has 2 amide bonds. The zero-order valence-electron chi connectivity index (χ0n) is 13.9. The first-order chi connectivity index (χ1) is 10.6. The van der Waals surface area contributed by atoms with E-state index >= 15 is 0 Å². The summed E-state index contributed by atoms with van der Waals surface area (Å²) in [6, 6.07) is 0. The van der Waals surface area contributed by atoms with Gasteiger partial charge in [0.05, 0.1) is 13.2 Å². The number of carbonyl (C=O) groups is 2. The molecule has 0 aromatic heterocycles. The topological polar surface area (TPSA) is 53.1 Å². The molecule has 2 heterocycles. The highest BCUT2D eigenvalue weighted by molar-refractivity contribution is 5.85. The molecule has 0 bridgehead atoms. The number of hydrogen-bond donors (Lipinski definition) is 0. The number of ether oxygens (including phenoxy) is 1. The smallest absolute Gasteiger partial charge is 0.241 e. The molecule has 0 aromatic rings. The fourth-order valence-electron chi connectivity index (χ4n) is 3.29. The maximum absolute atomic E-state index is 12.3. The molecule has 2 rings (SSSR count). The third kappa shape index (κ3) is 4.95. The van der Waals surface area contributed by atoms with Crippen LogP contribution in [0.4, 0.5) is 0 Å². The third-order valence-corrected chi connectivity index (χ3v) is 4.69. The highest BCUT2D eigenvalue weighted by Crippen LogP contribution is 2.17. The lowest BCUT2D eigenvalue weighted by atomic mass is 10.1. The average Bonchev–Trinajstić information content (AvgIpc) is 2.94. The minimum Gasteiger partial charge on any atom is -0.383 e. The summed E-state index contributed by atoms with van der Waals surface area (Å²) in [4.78, 5) is 30.0. The lowest BCUT2D eigenvalue weighted by Gasteiger charge is -2.29. The molecule has 1 atom stereocenters. The van der Waals surface area contributed by atoms with Crippen LogP contribution in [0.1, 0.15) is 25.7 Å². The number of rotatable bonds is 7. The summed E-state index contributed by atoms with van der Waals surface area (Å²) < 4.78 is 5.11. The van der Waals surface area contributed by atoms with Crippen LogP contribution in [0.25, 0.3) is 0 Å². The predicted octanol–water partition coefficient (Wildman–Crippen LogP) is 0.426. The van der Waals surface area contributed by atoms with E-state index in [1.54, 1.807) is 16.9 Å². The fourth-order valence-corrected chi connectivity index (χ4v) is 3.29. The van der Waals surface area contributed by atoms with Crippen LogP contribution in [0.2, 0.25) is 0 Å². The van der Waals surface area contributed by atoms with Crippen molar-refractivity contribution >= 4 is 11.8 Å². The van der Waals surface area contributed by atoms with Crippen molar-refractivity contribution in [3.8, 4) is 0 Å². The van der Waals surface area contributed by atoms with E-state index in [9.17, 15) is 9.59 Å². The van der Waals surface area contributed by atoms with Gasteiger partial charge in [0.15, 0.2) is 0 Å². The number of carbonyl (C=O) groups excluding carboxylic acids is 2. The number of nitrogens with zero attached hydrogens (tertiary/aromatic N) is 3. The Hall–Kier alpha value is -1.14. The molecule has 1 unspecified atom stereocenters. The summed E-state index contributed by atoms with van der Waals surface area (Å²) in [5, 5.41) is 0. The van der Waals surface area contributed by atoms with Gasteiger partial charge >= 0.3 is 0 Å². The molecule has 2 fully saturated rings. The van der Waals surface area contributed by atoms with E-state index in [1.165, 1.54) is 0 Å². The van der Waals surface area contributed by atoms with Crippen LogP contribution < -0.4 is 0 Å². The van der Waals surface area contributed by atoms with Gasteiger partial charge in [-0.1, -0.05) is 0 Å². The normalized spacial score (nSPS) is 23.1. The summed E-state index contributed by atoms with van der Waals surface area (Å²) in [6.45, 7) is 5.60. The maximum atomic E-state index is 12.3. The average molecular weight is 311 g/mol. The van der Waals surface area contributed by atoms with Crippen molar-refractivity contribution in [2.45, 2.75) is 25.7 Å². The first kappa shape index (κ1) is 17.2. The van der Waals surface area contributed by atoms with Crippen LogP contribution in [-0.2, 0) is 14.3 Å². The Morgan fingerprint density at radius 2 is 2.18 bits per heavy atom. The summed E-state index contributed by atoms with van der Waals surface area (Å²) in [5.74, 6) is 0.716. The number of methoxy groups -OCH3 is 1. The van der Waals surface area contributed by atoms with E-state index in [0.29, 0.717) is 12.3 Å². The van der Waals surface area contributed by atoms with Gasteiger partial charge in [-0.05, 0) is 31.7 Å². The Morgan fingerprint density at radius 3 is 2.91 bits per heavy atom. The quantitative estimate of drug-likeness (QED) is 0.684. The molecule has 0 aromatic carbocycles. The van der Waals surface area contributed by atoms with Gasteiger partial charge < -0.3 is 19.4 Å². The molecular weight excluding hydrogens is 282 g/mol. The van der Waals surface area contributed by atoms with Crippen molar-refractivity contribution in [3.05, 3.63) is 0 Å². The van der Waals surface area contributed by atoms with Gasteiger partial charge in [0.2, 0.25) is 11.8 Å². The fraction of sp³-hybridized carbons (Fsp3) is 0.875. The van der Waals surface area contributed by atoms with Gasteiger partial charge in [0.25, 0.3) is 0 Å². The standard InChI is InChI=1S/C16H29N3O3/c1-17(11-14-6-8-18(12-14)9-10-22-2)16(21)13-19-7-4-3-5-15(19)20/h14H,3-13H2,1-2H3. The van der Waals surface area contributed by atoms with Crippen molar-refractivity contribution in [1.82, 2.24) is 14.7 Å². The van der Waals surface area contributed by atoms with Crippen molar-refractivity contribution in [2.75, 3.05) is 60.0 Å². The van der Waals surface area contributed by atoms with E-state index in [1.807, 2.05) is 7.05 Å². The van der Waals surface area contributed by atoms with Gasteiger partial charge in [-0.25, -0.2) is 0 Å². The van der Waals surface area contributed by atoms with Crippen molar-refractivity contribution in [1.29, 1.82) is 0 Å². The lowest BCUT2D eigenvalue weighted by molar-refractivity contribution is -0.141. The Balaban J connectivity index is 1.71. The number of amides is 2. The second kappa shape index (κ2) is 8.48. The number of hydrogen-bond acceptors (Lipinski definition) is 4. The van der Waals surface area contributed by atoms with E-state index in [2.05, 4.69) is 4.90 Å². The molecule has 2 aliphatic heterocycles. The number of likely N-dealkylation sites (tertiary alicyclic amines) is 2. The lowest BCUT2D eigenvalue weighted by Crippen LogP contribution is -2.44. The molecule has 0 radical (unpaired) electrons. The minimum absolute atomic E-state index is 0.0607. The molecule has 6 heteroatoms. The first-order valence-electron chi connectivity index (χ1n) is 8.33. The highest BCUT2D eigenvalue weighted by atomic mass is 16.5. The Morgan fingerprint density at radius 1 is 1.36 bits per heavy atom. The monoisotopic (exact) mass is 311 g/mol. The van der Waals surface area contributed by atoms with Crippen molar-refractivity contribution in [2.24, 2.45) is 5.92 Å². The van der Waals surface area contributed by atoms with E-state index in [-0.39, 0.29) is 18.4 Å². The number of piperidine rings is 1. The maximum Gasteiger partial charge on any atom is 0.241 e. The van der Waals surface area contributed by atoms with Crippen LogP contribution >= 0.6 is 0 Å². The summed E-state index contributed by atoms with van der Waals surface area (Å²) in [7, 11) is 3.58. The molecule has 2 aliphatic rings. The van der Waals surface area contributed by atoms with Crippen LogP contribution in [0.5, 0.6) is 0 Å². The molecule has 6 nitrogen and oxygen atoms in total. The van der Waals surface area contributed by atoms with Gasteiger partial charge in [-0.3, -0.25) is 9.59 Å². The molecule has 126 valence electrons. The zero-order valence-corrected chi connectivity index (χ0v) is 13.9. The Kier molecular flexibility index (Phi) is 6.64. The van der Waals surface area contributed by atoms with Crippen LogP contribution in [0.15, 0.2) is 0 Å². The summed E-state index contributed by atoms with van der Waals surface area (Å²) in [6.07, 6.45) is 3.69. The highest BCUT2D eigenvalue weighted by Gasteiger charge is 2.26. The zero-order chi connectivity index (χ0) is 15.9. The van der Waals surface area contributed by atoms with Crippen molar-refractivity contribution < 1.29 is 14.3 Å². The Bertz CT molecular complexity index is 389. The molecule has 0 saturated carbocycles. The molecule has 22 heavy (non-hydrogen) atoms. The van der Waals surface area contributed by atoms with Crippen molar-refractivity contribution in [3.63, 3.8) is 0 Å². The second-order valence-electron chi connectivity index (χ2n) is 6.49. The molecule has 0 aliphatic carbocycles. The van der Waals surface area contributed by atoms with Gasteiger partial charge in [0, 0.05) is 46.8 Å². The van der Waals surface area contributed by atoms with Crippen LogP contribution in [0.3, 0.4) is 0 Å². The van der Waals surface area contributed by atoms with E-state index in [4.69, 9.17) is 4.74 Å². The SMILES string of the molecule is COCCN1CCC(CN(C)C(=O)CN2CCCCC2=O)C1. The number of likely N-dealkylation sites (N-methyl/N-ethyl adjacent to an activating group) is 1. The second-order valence-corrected chi connectivity index (χ2v) is 6.49. The van der Waals surface area contributed by atoms with Gasteiger partial charge in [0.1, 0.15) is 0 Å². The predicted molar refractivity (Wildman–Crippen MR) is 84.5 cm³/mol. The first-order valence-corrected chi connectivity index (χ1v) is 8.33. The van der Waals surface area contributed by atoms with E-state index in [0.717, 1.165) is 58.6 Å². The minimum atomic E-state index is 0.0607. The summed E-state index contributed by atoms with van der Waals surface area (Å²) in [5.41, 5.74) is 0. The largest absolute Gasteiger partial charge is 0.383 e. The molecule has 0 N–H and O–H groups in total. The van der Waals surface area contributed by atoms with Crippen LogP contribution in [0, 0.1) is 5.92 Å². The molecule has 0 spiro atoms. The molecular formula is C16H29N3O3. The van der Waals surface area contributed by atoms with Gasteiger partial charge in [-0.15, -0.1) is 0 Å². The summed E-state index contributed by atoms with van der Waals surface area (Å²) >= 11 is 0. The third-order valence-electron chi connectivity index (χ3n) is 4.69. The van der Waals surface area contributed by atoms with Gasteiger partial charge in [-0.2, -0.15) is 0 Å². The van der Waals surface area contributed by atoms with E-state index < -0.39 is 0 Å².